The summed E-state index contributed by atoms with van der Waals surface area (Å²) in [5.41, 5.74) is 8.76. The number of aromatic nitrogens is 2. The van der Waals surface area contributed by atoms with Crippen LogP contribution in [0.2, 0.25) is 0 Å². The number of nitrogens with zero attached hydrogens (tertiary/aromatic N) is 2. The first-order valence-electron chi connectivity index (χ1n) is 5.37. The zero-order chi connectivity index (χ0) is 11.8. The van der Waals surface area contributed by atoms with Gasteiger partial charge in [-0.05, 0) is 38.5 Å². The fourth-order valence-corrected chi connectivity index (χ4v) is 1.70. The van der Waals surface area contributed by atoms with E-state index in [9.17, 15) is 0 Å². The molecule has 84 valence electrons. The first kappa shape index (κ1) is 10.7. The minimum absolute atomic E-state index is 0.0349. The molecule has 1 aromatic carbocycles. The Balaban J connectivity index is 2.49. The Hall–Kier alpha value is -1.77. The summed E-state index contributed by atoms with van der Waals surface area (Å²) in [6, 6.07) is 7.87. The van der Waals surface area contributed by atoms with Crippen LogP contribution in [0.15, 0.2) is 36.8 Å². The van der Waals surface area contributed by atoms with Crippen LogP contribution in [-0.2, 0) is 5.54 Å². The maximum atomic E-state index is 5.68. The van der Waals surface area contributed by atoms with E-state index in [1.54, 1.807) is 0 Å². The van der Waals surface area contributed by atoms with Gasteiger partial charge < -0.3 is 10.3 Å². The summed E-state index contributed by atoms with van der Waals surface area (Å²) in [7, 11) is 0. The fourth-order valence-electron chi connectivity index (χ4n) is 1.70. The van der Waals surface area contributed by atoms with Crippen molar-refractivity contribution in [2.75, 3.05) is 5.73 Å². The van der Waals surface area contributed by atoms with E-state index < -0.39 is 0 Å². The van der Waals surface area contributed by atoms with Crippen LogP contribution in [0.5, 0.6) is 0 Å². The number of hydrogen-bond acceptors (Lipinski definition) is 2. The Morgan fingerprint density at radius 1 is 1.12 bits per heavy atom. The molecule has 0 saturated carbocycles. The summed E-state index contributed by atoms with van der Waals surface area (Å²) in [5.74, 6) is 0. The highest BCUT2D eigenvalue weighted by molar-refractivity contribution is 5.62. The Morgan fingerprint density at radius 3 is 2.31 bits per heavy atom. The maximum Gasteiger partial charge on any atom is 0.0955 e. The fraction of sp³-hybridized carbons (Fsp3) is 0.308. The van der Waals surface area contributed by atoms with Gasteiger partial charge in [0, 0.05) is 11.2 Å². The molecule has 2 N–H and O–H groups in total. The first-order chi connectivity index (χ1) is 7.48. The molecule has 0 atom stereocenters. The molecular formula is C13H17N3. The Bertz CT molecular complexity index is 475. The minimum atomic E-state index is 0.0349. The van der Waals surface area contributed by atoms with E-state index in [-0.39, 0.29) is 5.54 Å². The lowest BCUT2D eigenvalue weighted by molar-refractivity contribution is 0.400. The third kappa shape index (κ3) is 1.94. The summed E-state index contributed by atoms with van der Waals surface area (Å²) in [6.07, 6.45) is 3.75. The van der Waals surface area contributed by atoms with Crippen LogP contribution in [-0.4, -0.2) is 9.55 Å². The first-order valence-corrected chi connectivity index (χ1v) is 5.37. The van der Waals surface area contributed by atoms with Gasteiger partial charge >= 0.3 is 0 Å². The van der Waals surface area contributed by atoms with Crippen LogP contribution >= 0.6 is 0 Å². The molecule has 2 aromatic rings. The van der Waals surface area contributed by atoms with Crippen molar-refractivity contribution in [2.45, 2.75) is 26.3 Å². The molecule has 1 aromatic heterocycles. The van der Waals surface area contributed by atoms with Crippen LogP contribution in [0.3, 0.4) is 0 Å². The van der Waals surface area contributed by atoms with Gasteiger partial charge in [-0.2, -0.15) is 0 Å². The second kappa shape index (κ2) is 3.67. The number of rotatable bonds is 1. The third-order valence-electron chi connectivity index (χ3n) is 2.57. The standard InChI is InChI=1S/C13H17N3/c1-13(2,3)16-9-15-8-12(16)10-4-6-11(14)7-5-10/h4-9H,14H2,1-3H3. The molecule has 1 heterocycles. The van der Waals surface area contributed by atoms with E-state index in [1.807, 2.05) is 36.8 Å². The molecule has 0 fully saturated rings. The molecule has 2 rings (SSSR count). The predicted molar refractivity (Wildman–Crippen MR) is 67.1 cm³/mol. The highest BCUT2D eigenvalue weighted by Crippen LogP contribution is 2.25. The van der Waals surface area contributed by atoms with Gasteiger partial charge in [-0.3, -0.25) is 0 Å². The molecule has 0 aliphatic rings. The molecule has 0 spiro atoms. The average Bonchev–Trinajstić information content (AvgIpc) is 2.66. The van der Waals surface area contributed by atoms with Crippen molar-refractivity contribution in [3.63, 3.8) is 0 Å². The predicted octanol–water partition coefficient (Wildman–Crippen LogP) is 2.89. The highest BCUT2D eigenvalue weighted by atomic mass is 15.1. The Labute approximate surface area is 95.9 Å². The number of anilines is 1. The van der Waals surface area contributed by atoms with Crippen molar-refractivity contribution in [3.8, 4) is 11.3 Å². The second-order valence-electron chi connectivity index (χ2n) is 4.94. The lowest BCUT2D eigenvalue weighted by Gasteiger charge is -2.23. The largest absolute Gasteiger partial charge is 0.399 e. The van der Waals surface area contributed by atoms with E-state index in [2.05, 4.69) is 30.3 Å². The topological polar surface area (TPSA) is 43.8 Å². The molecule has 0 amide bonds. The van der Waals surface area contributed by atoms with Gasteiger partial charge in [0.2, 0.25) is 0 Å². The van der Waals surface area contributed by atoms with Crippen molar-refractivity contribution in [3.05, 3.63) is 36.8 Å². The summed E-state index contributed by atoms with van der Waals surface area (Å²) in [5, 5.41) is 0. The SMILES string of the molecule is CC(C)(C)n1cncc1-c1ccc(N)cc1. The molecule has 0 unspecified atom stereocenters. The summed E-state index contributed by atoms with van der Waals surface area (Å²) >= 11 is 0. The van der Waals surface area contributed by atoms with Gasteiger partial charge in [-0.1, -0.05) is 12.1 Å². The average molecular weight is 215 g/mol. The van der Waals surface area contributed by atoms with Crippen molar-refractivity contribution in [1.82, 2.24) is 9.55 Å². The number of benzene rings is 1. The van der Waals surface area contributed by atoms with E-state index in [0.717, 1.165) is 16.9 Å². The van der Waals surface area contributed by atoms with Crippen LogP contribution in [0, 0.1) is 0 Å². The molecule has 0 saturated heterocycles. The molecule has 0 aliphatic carbocycles. The van der Waals surface area contributed by atoms with Crippen molar-refractivity contribution in [1.29, 1.82) is 0 Å². The number of hydrogen-bond donors (Lipinski definition) is 1. The van der Waals surface area contributed by atoms with Crippen LogP contribution < -0.4 is 5.73 Å². The Morgan fingerprint density at radius 2 is 1.75 bits per heavy atom. The molecular weight excluding hydrogens is 198 g/mol. The molecule has 0 bridgehead atoms. The van der Waals surface area contributed by atoms with Gasteiger partial charge in [0.1, 0.15) is 0 Å². The normalized spacial score (nSPS) is 11.7. The van der Waals surface area contributed by atoms with Crippen molar-refractivity contribution < 1.29 is 0 Å². The number of imidazole rings is 1. The summed E-state index contributed by atoms with van der Waals surface area (Å²) in [6.45, 7) is 6.49. The van der Waals surface area contributed by atoms with Crippen molar-refractivity contribution in [2.24, 2.45) is 0 Å². The van der Waals surface area contributed by atoms with Gasteiger partial charge in [0.15, 0.2) is 0 Å². The second-order valence-corrected chi connectivity index (χ2v) is 4.94. The lowest BCUT2D eigenvalue weighted by Crippen LogP contribution is -2.21. The Kier molecular flexibility index (Phi) is 2.46. The lowest BCUT2D eigenvalue weighted by atomic mass is 10.1. The van der Waals surface area contributed by atoms with E-state index in [4.69, 9.17) is 5.73 Å². The minimum Gasteiger partial charge on any atom is -0.399 e. The number of nitrogens with two attached hydrogens (primary N) is 1. The smallest absolute Gasteiger partial charge is 0.0955 e. The van der Waals surface area contributed by atoms with Crippen LogP contribution in [0.4, 0.5) is 5.69 Å². The van der Waals surface area contributed by atoms with Crippen LogP contribution in [0.1, 0.15) is 20.8 Å². The third-order valence-corrected chi connectivity index (χ3v) is 2.57. The maximum absolute atomic E-state index is 5.68. The van der Waals surface area contributed by atoms with E-state index in [1.165, 1.54) is 0 Å². The zero-order valence-electron chi connectivity index (χ0n) is 9.94. The van der Waals surface area contributed by atoms with Gasteiger partial charge in [0.25, 0.3) is 0 Å². The summed E-state index contributed by atoms with van der Waals surface area (Å²) < 4.78 is 2.17. The summed E-state index contributed by atoms with van der Waals surface area (Å²) in [4.78, 5) is 4.22. The number of nitrogen functional groups attached to an aromatic ring is 1. The molecule has 3 nitrogen and oxygen atoms in total. The van der Waals surface area contributed by atoms with Crippen molar-refractivity contribution >= 4 is 5.69 Å². The van der Waals surface area contributed by atoms with Gasteiger partial charge in [0.05, 0.1) is 18.2 Å². The van der Waals surface area contributed by atoms with Crippen LogP contribution in [0.25, 0.3) is 11.3 Å². The van der Waals surface area contributed by atoms with Gasteiger partial charge in [-0.15, -0.1) is 0 Å². The van der Waals surface area contributed by atoms with Gasteiger partial charge in [-0.25, -0.2) is 4.98 Å². The highest BCUT2D eigenvalue weighted by Gasteiger charge is 2.16. The zero-order valence-corrected chi connectivity index (χ0v) is 9.94. The molecule has 3 heteroatoms. The molecule has 0 aliphatic heterocycles. The quantitative estimate of drug-likeness (QED) is 0.743. The van der Waals surface area contributed by atoms with E-state index in [0.29, 0.717) is 0 Å². The molecule has 16 heavy (non-hydrogen) atoms. The molecule has 0 radical (unpaired) electrons. The van der Waals surface area contributed by atoms with E-state index >= 15 is 0 Å². The monoisotopic (exact) mass is 215 g/mol.